The van der Waals surface area contributed by atoms with Crippen molar-refractivity contribution in [2.24, 2.45) is 5.41 Å². The van der Waals surface area contributed by atoms with Crippen molar-refractivity contribution in [3.63, 3.8) is 0 Å². The lowest BCUT2D eigenvalue weighted by Crippen LogP contribution is -2.36. The summed E-state index contributed by atoms with van der Waals surface area (Å²) in [5.41, 5.74) is 0.683. The van der Waals surface area contributed by atoms with E-state index in [1.54, 1.807) is 0 Å². The van der Waals surface area contributed by atoms with Gasteiger partial charge in [-0.25, -0.2) is 0 Å². The van der Waals surface area contributed by atoms with Gasteiger partial charge in [-0.3, -0.25) is 14.5 Å². The largest absolute Gasteiger partial charge is 0.313 e. The Morgan fingerprint density at radius 1 is 1.44 bits per heavy atom. The Bertz CT molecular complexity index is 358. The van der Waals surface area contributed by atoms with Crippen molar-refractivity contribution in [1.82, 2.24) is 10.2 Å². The lowest BCUT2D eigenvalue weighted by atomic mass is 9.92. The molecule has 0 aromatic rings. The minimum atomic E-state index is -0.509. The molecule has 88 valence electrons. The molecule has 2 aliphatic rings. The molecule has 2 heterocycles. The molecule has 1 N–H and O–H groups in total. The summed E-state index contributed by atoms with van der Waals surface area (Å²) < 4.78 is 0. The maximum absolute atomic E-state index is 12.0. The van der Waals surface area contributed by atoms with Gasteiger partial charge in [0.2, 0.25) is 11.8 Å². The number of amides is 2. The topological polar surface area (TPSA) is 49.4 Å². The fourth-order valence-electron chi connectivity index (χ4n) is 2.20. The zero-order valence-electron chi connectivity index (χ0n) is 9.88. The monoisotopic (exact) mass is 222 g/mol. The quantitative estimate of drug-likeness (QED) is 0.552. The second-order valence-corrected chi connectivity index (χ2v) is 5.16. The molecule has 0 aromatic carbocycles. The van der Waals surface area contributed by atoms with Crippen LogP contribution in [0.4, 0.5) is 0 Å². The molecule has 2 aliphatic heterocycles. The van der Waals surface area contributed by atoms with Crippen LogP contribution < -0.4 is 5.32 Å². The summed E-state index contributed by atoms with van der Waals surface area (Å²) >= 11 is 0. The third kappa shape index (κ3) is 2.02. The lowest BCUT2D eigenvalue weighted by molar-refractivity contribution is -0.140. The van der Waals surface area contributed by atoms with Gasteiger partial charge in [0.15, 0.2) is 0 Å². The Labute approximate surface area is 95.7 Å². The highest BCUT2D eigenvalue weighted by Gasteiger charge is 2.44. The number of nitrogens with zero attached hydrogens (tertiary/aromatic N) is 1. The van der Waals surface area contributed by atoms with E-state index in [2.05, 4.69) is 11.4 Å². The van der Waals surface area contributed by atoms with E-state index in [0.717, 1.165) is 19.5 Å². The van der Waals surface area contributed by atoms with Crippen molar-refractivity contribution in [2.75, 3.05) is 19.6 Å². The number of likely N-dealkylation sites (tertiary alicyclic amines) is 1. The third-order valence-corrected chi connectivity index (χ3v) is 3.24. The molecule has 0 radical (unpaired) electrons. The summed E-state index contributed by atoms with van der Waals surface area (Å²) in [5.74, 6) is -0.0636. The highest BCUT2D eigenvalue weighted by atomic mass is 16.2. The normalized spacial score (nSPS) is 24.9. The number of carbonyl (C=O) groups is 2. The van der Waals surface area contributed by atoms with Gasteiger partial charge in [-0.05, 0) is 13.0 Å². The molecule has 0 spiro atoms. The highest BCUT2D eigenvalue weighted by Crippen LogP contribution is 2.32. The SMILES string of the molecule is CC1(C)CC(=O)N(CC2=CCNCC2)C1=O. The molecule has 0 aliphatic carbocycles. The van der Waals surface area contributed by atoms with E-state index >= 15 is 0 Å². The van der Waals surface area contributed by atoms with E-state index in [1.807, 2.05) is 13.8 Å². The number of carbonyl (C=O) groups excluding carboxylic acids is 2. The molecule has 4 nitrogen and oxygen atoms in total. The number of imide groups is 1. The second kappa shape index (κ2) is 4.01. The van der Waals surface area contributed by atoms with Crippen molar-refractivity contribution in [2.45, 2.75) is 26.7 Å². The van der Waals surface area contributed by atoms with E-state index in [0.29, 0.717) is 13.0 Å². The van der Waals surface area contributed by atoms with Gasteiger partial charge >= 0.3 is 0 Å². The van der Waals surface area contributed by atoms with Crippen LogP contribution in [0, 0.1) is 5.41 Å². The van der Waals surface area contributed by atoms with E-state index in [9.17, 15) is 9.59 Å². The average Bonchev–Trinajstić information content (AvgIpc) is 2.42. The average molecular weight is 222 g/mol. The number of hydrogen-bond acceptors (Lipinski definition) is 3. The maximum Gasteiger partial charge on any atom is 0.235 e. The number of rotatable bonds is 2. The lowest BCUT2D eigenvalue weighted by Gasteiger charge is -2.21. The Morgan fingerprint density at radius 2 is 2.19 bits per heavy atom. The van der Waals surface area contributed by atoms with Crippen molar-refractivity contribution >= 4 is 11.8 Å². The molecule has 1 saturated heterocycles. The summed E-state index contributed by atoms with van der Waals surface area (Å²) in [5, 5.41) is 3.21. The molecule has 0 bridgehead atoms. The van der Waals surface area contributed by atoms with Gasteiger partial charge < -0.3 is 5.32 Å². The molecule has 4 heteroatoms. The van der Waals surface area contributed by atoms with Crippen LogP contribution in [0.2, 0.25) is 0 Å². The van der Waals surface area contributed by atoms with Gasteiger partial charge in [-0.2, -0.15) is 0 Å². The third-order valence-electron chi connectivity index (χ3n) is 3.24. The van der Waals surface area contributed by atoms with Crippen LogP contribution in [0.25, 0.3) is 0 Å². The summed E-state index contributed by atoms with van der Waals surface area (Å²) in [6, 6.07) is 0. The summed E-state index contributed by atoms with van der Waals surface area (Å²) in [4.78, 5) is 25.1. The Morgan fingerprint density at radius 3 is 2.69 bits per heavy atom. The Kier molecular flexibility index (Phi) is 2.84. The highest BCUT2D eigenvalue weighted by molar-refractivity contribution is 6.05. The summed E-state index contributed by atoms with van der Waals surface area (Å²) in [6.07, 6.45) is 3.35. The van der Waals surface area contributed by atoms with Crippen LogP contribution in [0.3, 0.4) is 0 Å². The zero-order chi connectivity index (χ0) is 11.8. The van der Waals surface area contributed by atoms with Gasteiger partial charge in [0, 0.05) is 19.5 Å². The fourth-order valence-corrected chi connectivity index (χ4v) is 2.20. The van der Waals surface area contributed by atoms with E-state index in [1.165, 1.54) is 10.5 Å². The van der Waals surface area contributed by atoms with Crippen LogP contribution in [-0.4, -0.2) is 36.3 Å². The number of nitrogens with one attached hydrogen (secondary N) is 1. The van der Waals surface area contributed by atoms with Gasteiger partial charge in [0.05, 0.1) is 5.41 Å². The predicted molar refractivity (Wildman–Crippen MR) is 60.7 cm³/mol. The minimum Gasteiger partial charge on any atom is -0.313 e. The van der Waals surface area contributed by atoms with Crippen molar-refractivity contribution in [3.05, 3.63) is 11.6 Å². The predicted octanol–water partition coefficient (Wildman–Crippen LogP) is 0.691. The molecule has 1 fully saturated rings. The van der Waals surface area contributed by atoms with Crippen molar-refractivity contribution < 1.29 is 9.59 Å². The van der Waals surface area contributed by atoms with Crippen LogP contribution in [0.15, 0.2) is 11.6 Å². The summed E-state index contributed by atoms with van der Waals surface area (Å²) in [7, 11) is 0. The van der Waals surface area contributed by atoms with Gasteiger partial charge in [0.1, 0.15) is 0 Å². The first-order valence-corrected chi connectivity index (χ1v) is 5.74. The fraction of sp³-hybridized carbons (Fsp3) is 0.667. The Balaban J connectivity index is 2.07. The van der Waals surface area contributed by atoms with Crippen LogP contribution in [0.1, 0.15) is 26.7 Å². The van der Waals surface area contributed by atoms with Crippen molar-refractivity contribution in [3.8, 4) is 0 Å². The maximum atomic E-state index is 12.0. The van der Waals surface area contributed by atoms with Crippen LogP contribution in [-0.2, 0) is 9.59 Å². The van der Waals surface area contributed by atoms with E-state index < -0.39 is 5.41 Å². The molecule has 0 aromatic heterocycles. The molecule has 0 saturated carbocycles. The molecule has 2 amide bonds. The molecular weight excluding hydrogens is 204 g/mol. The van der Waals surface area contributed by atoms with Crippen LogP contribution in [0.5, 0.6) is 0 Å². The van der Waals surface area contributed by atoms with Crippen LogP contribution >= 0.6 is 0 Å². The minimum absolute atomic E-state index is 0.0306. The Hall–Kier alpha value is -1.16. The van der Waals surface area contributed by atoms with Crippen molar-refractivity contribution in [1.29, 1.82) is 0 Å². The molecular formula is C12H18N2O2. The number of hydrogen-bond donors (Lipinski definition) is 1. The first-order chi connectivity index (χ1) is 7.50. The first-order valence-electron chi connectivity index (χ1n) is 5.74. The second-order valence-electron chi connectivity index (χ2n) is 5.16. The smallest absolute Gasteiger partial charge is 0.235 e. The van der Waals surface area contributed by atoms with Gasteiger partial charge in [0.25, 0.3) is 0 Å². The van der Waals surface area contributed by atoms with E-state index in [4.69, 9.17) is 0 Å². The molecule has 0 unspecified atom stereocenters. The molecule has 16 heavy (non-hydrogen) atoms. The standard InChI is InChI=1S/C12H18N2O2/c1-12(2)7-10(15)14(11(12)16)8-9-3-5-13-6-4-9/h3,13H,4-8H2,1-2H3. The van der Waals surface area contributed by atoms with E-state index in [-0.39, 0.29) is 11.8 Å². The van der Waals surface area contributed by atoms with Gasteiger partial charge in [-0.15, -0.1) is 0 Å². The van der Waals surface area contributed by atoms with Gasteiger partial charge in [-0.1, -0.05) is 25.5 Å². The zero-order valence-corrected chi connectivity index (χ0v) is 9.88. The first kappa shape index (κ1) is 11.3. The molecule has 0 atom stereocenters. The summed E-state index contributed by atoms with van der Waals surface area (Å²) in [6.45, 7) is 5.94. The molecule has 2 rings (SSSR count).